The van der Waals surface area contributed by atoms with Gasteiger partial charge in [0.25, 0.3) is 0 Å². The molecule has 6 aromatic rings. The van der Waals surface area contributed by atoms with Crippen molar-refractivity contribution in [3.63, 3.8) is 0 Å². The highest BCUT2D eigenvalue weighted by atomic mass is 32.1. The Morgan fingerprint density at radius 2 is 1.77 bits per heavy atom. The summed E-state index contributed by atoms with van der Waals surface area (Å²) in [6.45, 7) is 0.553. The number of benzene rings is 3. The molecule has 0 atom stereocenters. The molecule has 0 aliphatic rings. The number of furan rings is 1. The third-order valence-corrected chi connectivity index (χ3v) is 6.54. The van der Waals surface area contributed by atoms with Gasteiger partial charge in [0.05, 0.1) is 31.8 Å². The topological polar surface area (TPSA) is 86.2 Å². The summed E-state index contributed by atoms with van der Waals surface area (Å²) in [5.41, 5.74) is 5.46. The van der Waals surface area contributed by atoms with Crippen LogP contribution in [0.15, 0.2) is 113 Å². The Morgan fingerprint density at radius 1 is 0.974 bits per heavy atom. The Labute approximate surface area is 229 Å². The monoisotopic (exact) mass is 532 g/mol. The number of aromatic nitrogens is 5. The van der Waals surface area contributed by atoms with Crippen molar-refractivity contribution in [1.82, 2.24) is 24.7 Å². The van der Waals surface area contributed by atoms with Crippen LogP contribution >= 0.6 is 12.2 Å². The van der Waals surface area contributed by atoms with Crippen molar-refractivity contribution in [1.29, 1.82) is 0 Å². The molecule has 1 N–H and O–H groups in total. The molecule has 3 aromatic carbocycles. The second-order valence-electron chi connectivity index (χ2n) is 8.76. The molecule has 0 saturated carbocycles. The number of rotatable bonds is 8. The number of ether oxygens (including phenoxy) is 1. The summed E-state index contributed by atoms with van der Waals surface area (Å²) in [6.07, 6.45) is 3.41. The SMILES string of the molecule is COc1ccc(-c2cc(-c3n[nH]c(=S)n3/N=C/c3ccccc3-c3ccco3)n(Cc3ccccc3)n2)cc1. The highest BCUT2D eigenvalue weighted by Crippen LogP contribution is 2.28. The summed E-state index contributed by atoms with van der Waals surface area (Å²) in [5, 5.41) is 17.1. The van der Waals surface area contributed by atoms with E-state index in [2.05, 4.69) is 22.3 Å². The molecule has 0 aliphatic heterocycles. The van der Waals surface area contributed by atoms with E-state index in [-0.39, 0.29) is 0 Å². The Morgan fingerprint density at radius 3 is 2.54 bits per heavy atom. The lowest BCUT2D eigenvalue weighted by Gasteiger charge is -2.07. The van der Waals surface area contributed by atoms with Crippen molar-refractivity contribution in [3.8, 4) is 39.8 Å². The van der Waals surface area contributed by atoms with Crippen LogP contribution in [0.5, 0.6) is 5.75 Å². The normalized spacial score (nSPS) is 11.3. The molecule has 0 aliphatic carbocycles. The van der Waals surface area contributed by atoms with Crippen LogP contribution in [0.1, 0.15) is 11.1 Å². The number of hydrogen-bond donors (Lipinski definition) is 1. The Bertz CT molecular complexity index is 1780. The summed E-state index contributed by atoms with van der Waals surface area (Å²) in [4.78, 5) is 0. The van der Waals surface area contributed by atoms with Gasteiger partial charge in [0.1, 0.15) is 17.2 Å². The number of methoxy groups -OCH3 is 1. The zero-order valence-electron chi connectivity index (χ0n) is 21.1. The Kier molecular flexibility index (Phi) is 6.71. The molecule has 8 nitrogen and oxygen atoms in total. The van der Waals surface area contributed by atoms with Crippen LogP contribution in [0.25, 0.3) is 34.1 Å². The third kappa shape index (κ3) is 5.07. The minimum Gasteiger partial charge on any atom is -0.497 e. The highest BCUT2D eigenvalue weighted by Gasteiger charge is 2.18. The van der Waals surface area contributed by atoms with Crippen LogP contribution in [0, 0.1) is 4.77 Å². The fraction of sp³-hybridized carbons (Fsp3) is 0.0667. The molecule has 3 aromatic heterocycles. The maximum atomic E-state index is 5.62. The van der Waals surface area contributed by atoms with E-state index in [1.54, 1.807) is 24.3 Å². The standard InChI is InChI=1S/C30H24N6O2S/c1-37-24-15-13-22(14-16-24)26-18-27(35(34-26)20-21-8-3-2-4-9-21)29-32-33-30(39)36(29)31-19-23-10-5-6-11-25(23)28-12-7-17-38-28/h2-19H,20H2,1H3,(H,33,39)/b31-19+. The second-order valence-corrected chi connectivity index (χ2v) is 9.15. The molecule has 0 radical (unpaired) electrons. The maximum Gasteiger partial charge on any atom is 0.216 e. The van der Waals surface area contributed by atoms with Crippen LogP contribution in [0.4, 0.5) is 0 Å². The molecule has 6 rings (SSSR count). The van der Waals surface area contributed by atoms with Gasteiger partial charge in [0.15, 0.2) is 0 Å². The molecule has 0 bridgehead atoms. The van der Waals surface area contributed by atoms with E-state index >= 15 is 0 Å². The smallest absolute Gasteiger partial charge is 0.216 e. The van der Waals surface area contributed by atoms with E-state index in [1.165, 1.54) is 0 Å². The van der Waals surface area contributed by atoms with Crippen molar-refractivity contribution in [2.24, 2.45) is 5.10 Å². The van der Waals surface area contributed by atoms with Gasteiger partial charge in [0, 0.05) is 16.7 Å². The third-order valence-electron chi connectivity index (χ3n) is 6.28. The minimum absolute atomic E-state index is 0.371. The molecule has 0 unspecified atom stereocenters. The largest absolute Gasteiger partial charge is 0.497 e. The quantitative estimate of drug-likeness (QED) is 0.175. The van der Waals surface area contributed by atoms with Crippen LogP contribution in [0.2, 0.25) is 0 Å². The minimum atomic E-state index is 0.371. The van der Waals surface area contributed by atoms with Crippen LogP contribution in [-0.2, 0) is 6.54 Å². The first kappa shape index (κ1) is 24.3. The van der Waals surface area contributed by atoms with Crippen LogP contribution in [0.3, 0.4) is 0 Å². The lowest BCUT2D eigenvalue weighted by Crippen LogP contribution is -2.06. The number of nitrogens with one attached hydrogen (secondary N) is 1. The maximum absolute atomic E-state index is 5.62. The van der Waals surface area contributed by atoms with Crippen LogP contribution in [-0.4, -0.2) is 38.0 Å². The van der Waals surface area contributed by atoms with Crippen molar-refractivity contribution < 1.29 is 9.15 Å². The molecule has 0 fully saturated rings. The van der Waals surface area contributed by atoms with Gasteiger partial charge in [0.2, 0.25) is 10.6 Å². The molecule has 192 valence electrons. The predicted octanol–water partition coefficient (Wildman–Crippen LogP) is 6.67. The zero-order valence-corrected chi connectivity index (χ0v) is 21.9. The van der Waals surface area contributed by atoms with Gasteiger partial charge in [-0.25, -0.2) is 5.10 Å². The summed E-state index contributed by atoms with van der Waals surface area (Å²) in [5.74, 6) is 2.10. The van der Waals surface area contributed by atoms with Crippen LogP contribution < -0.4 is 4.74 Å². The molecular formula is C30H24N6O2S. The van der Waals surface area contributed by atoms with E-state index in [4.69, 9.17) is 31.6 Å². The van der Waals surface area contributed by atoms with E-state index in [0.717, 1.165) is 45.2 Å². The molecule has 39 heavy (non-hydrogen) atoms. The van der Waals surface area contributed by atoms with E-state index < -0.39 is 0 Å². The number of nitrogens with zero attached hydrogens (tertiary/aromatic N) is 5. The second kappa shape index (κ2) is 10.8. The predicted molar refractivity (Wildman–Crippen MR) is 153 cm³/mol. The lowest BCUT2D eigenvalue weighted by atomic mass is 10.1. The first-order valence-corrected chi connectivity index (χ1v) is 12.7. The first-order valence-electron chi connectivity index (χ1n) is 12.3. The average molecular weight is 533 g/mol. The zero-order chi connectivity index (χ0) is 26.6. The van der Waals surface area contributed by atoms with Gasteiger partial charge >= 0.3 is 0 Å². The van der Waals surface area contributed by atoms with Gasteiger partial charge in [-0.15, -0.1) is 0 Å². The van der Waals surface area contributed by atoms with Gasteiger partial charge in [-0.1, -0.05) is 54.6 Å². The first-order chi connectivity index (χ1) is 19.2. The summed E-state index contributed by atoms with van der Waals surface area (Å²) < 4.78 is 14.8. The summed E-state index contributed by atoms with van der Waals surface area (Å²) in [6, 6.07) is 31.6. The van der Waals surface area contributed by atoms with E-state index in [9.17, 15) is 0 Å². The van der Waals surface area contributed by atoms with E-state index in [0.29, 0.717) is 17.1 Å². The summed E-state index contributed by atoms with van der Waals surface area (Å²) >= 11 is 5.57. The summed E-state index contributed by atoms with van der Waals surface area (Å²) in [7, 11) is 1.65. The molecule has 0 spiro atoms. The van der Waals surface area contributed by atoms with Crippen molar-refractivity contribution in [3.05, 3.63) is 119 Å². The molecule has 0 amide bonds. The molecule has 3 heterocycles. The number of H-pyrrole nitrogens is 1. The van der Waals surface area contributed by atoms with Crippen molar-refractivity contribution >= 4 is 18.4 Å². The fourth-order valence-corrected chi connectivity index (χ4v) is 4.51. The average Bonchev–Trinajstić information content (AvgIpc) is 3.74. The van der Waals surface area contributed by atoms with Crippen molar-refractivity contribution in [2.45, 2.75) is 6.54 Å². The van der Waals surface area contributed by atoms with Crippen molar-refractivity contribution in [2.75, 3.05) is 7.11 Å². The van der Waals surface area contributed by atoms with Gasteiger partial charge in [-0.3, -0.25) is 4.68 Å². The van der Waals surface area contributed by atoms with Gasteiger partial charge < -0.3 is 9.15 Å². The molecular weight excluding hydrogens is 508 g/mol. The van der Waals surface area contributed by atoms with E-state index in [1.807, 2.05) is 89.6 Å². The van der Waals surface area contributed by atoms with Gasteiger partial charge in [-0.05, 0) is 60.2 Å². The van der Waals surface area contributed by atoms with Gasteiger partial charge in [-0.2, -0.15) is 20.0 Å². The molecule has 0 saturated heterocycles. The lowest BCUT2D eigenvalue weighted by molar-refractivity contribution is 0.415. The Balaban J connectivity index is 1.43. The molecule has 9 heteroatoms. The fourth-order valence-electron chi connectivity index (χ4n) is 4.33. The highest BCUT2D eigenvalue weighted by molar-refractivity contribution is 7.71. The Hall–Kier alpha value is -5.02. The number of aromatic amines is 1. The number of hydrogen-bond acceptors (Lipinski definition) is 6.